The molecule has 3 fully saturated rings. The van der Waals surface area contributed by atoms with E-state index in [9.17, 15) is 14.7 Å². The third-order valence-electron chi connectivity index (χ3n) is 8.08. The van der Waals surface area contributed by atoms with Crippen LogP contribution in [-0.4, -0.2) is 53.9 Å². The van der Waals surface area contributed by atoms with Gasteiger partial charge in [-0.15, -0.1) is 0 Å². The Morgan fingerprint density at radius 2 is 1.74 bits per heavy atom. The second-order valence-electron chi connectivity index (χ2n) is 11.1. The number of unbranched alkanes of at least 4 members (excludes halogenated alkanes) is 1. The molecular formula is C28H40O7. The van der Waals surface area contributed by atoms with E-state index in [1.165, 1.54) is 5.56 Å². The predicted octanol–water partition coefficient (Wildman–Crippen LogP) is 4.34. The van der Waals surface area contributed by atoms with E-state index in [-0.39, 0.29) is 42.5 Å². The van der Waals surface area contributed by atoms with Crippen molar-refractivity contribution < 1.29 is 33.6 Å². The van der Waals surface area contributed by atoms with Crippen LogP contribution in [-0.2, 0) is 35.0 Å². The topological polar surface area (TPSA) is 91.3 Å². The van der Waals surface area contributed by atoms with Crippen molar-refractivity contribution in [1.29, 1.82) is 0 Å². The van der Waals surface area contributed by atoms with Gasteiger partial charge in [0.15, 0.2) is 5.79 Å². The summed E-state index contributed by atoms with van der Waals surface area (Å²) in [4.78, 5) is 25.3. The molecule has 1 aromatic carbocycles. The number of benzene rings is 1. The highest BCUT2D eigenvalue weighted by Crippen LogP contribution is 2.53. The van der Waals surface area contributed by atoms with Gasteiger partial charge in [-0.1, -0.05) is 57.5 Å². The van der Waals surface area contributed by atoms with Gasteiger partial charge in [0.1, 0.15) is 12.2 Å². The largest absolute Gasteiger partial charge is 0.462 e. The fourth-order valence-corrected chi connectivity index (χ4v) is 5.70. The first-order chi connectivity index (χ1) is 16.7. The molecule has 1 aromatic rings. The quantitative estimate of drug-likeness (QED) is 0.471. The zero-order valence-electron chi connectivity index (χ0n) is 21.2. The lowest BCUT2D eigenvalue weighted by Crippen LogP contribution is -2.63. The first-order valence-corrected chi connectivity index (χ1v) is 13.1. The van der Waals surface area contributed by atoms with Gasteiger partial charge < -0.3 is 24.1 Å². The molecule has 3 aliphatic heterocycles. The molecule has 7 nitrogen and oxygen atoms in total. The number of hydrogen-bond donors (Lipinski definition) is 1. The van der Waals surface area contributed by atoms with Crippen molar-refractivity contribution in [2.24, 2.45) is 11.3 Å². The van der Waals surface area contributed by atoms with Gasteiger partial charge in [0, 0.05) is 17.8 Å². The molecule has 0 aromatic heterocycles. The van der Waals surface area contributed by atoms with Crippen molar-refractivity contribution in [3.63, 3.8) is 0 Å². The van der Waals surface area contributed by atoms with Gasteiger partial charge in [0.25, 0.3) is 0 Å². The highest BCUT2D eigenvalue weighted by atomic mass is 16.7. The molecule has 1 N–H and O–H groups in total. The average molecular weight is 489 g/mol. The van der Waals surface area contributed by atoms with Gasteiger partial charge in [-0.3, -0.25) is 9.59 Å². The van der Waals surface area contributed by atoms with Gasteiger partial charge in [0.05, 0.1) is 31.7 Å². The number of carbonyl (C=O) groups is 2. The second-order valence-corrected chi connectivity index (χ2v) is 11.1. The zero-order valence-corrected chi connectivity index (χ0v) is 21.2. The third kappa shape index (κ3) is 6.07. The van der Waals surface area contributed by atoms with Crippen LogP contribution in [0, 0.1) is 11.3 Å². The monoisotopic (exact) mass is 488 g/mol. The molecule has 3 bridgehead atoms. The first kappa shape index (κ1) is 26.1. The van der Waals surface area contributed by atoms with E-state index in [2.05, 4.69) is 45.0 Å². The average Bonchev–Trinajstić information content (AvgIpc) is 2.81. The summed E-state index contributed by atoms with van der Waals surface area (Å²) in [6.45, 7) is 5.93. The van der Waals surface area contributed by atoms with Crippen LogP contribution < -0.4 is 0 Å². The molecule has 194 valence electrons. The fraction of sp³-hybridized carbons (Fsp3) is 0.714. The maximum atomic E-state index is 12.8. The molecule has 4 rings (SSSR count). The van der Waals surface area contributed by atoms with Crippen LogP contribution in [0.1, 0.15) is 77.7 Å². The molecule has 0 amide bonds. The van der Waals surface area contributed by atoms with Gasteiger partial charge in [-0.25, -0.2) is 0 Å². The number of hydrogen-bond acceptors (Lipinski definition) is 7. The molecule has 7 heteroatoms. The number of ether oxygens (including phenoxy) is 4. The number of esters is 2. The number of aryl methyl sites for hydroxylation is 1. The lowest BCUT2D eigenvalue weighted by atomic mass is 9.70. The summed E-state index contributed by atoms with van der Waals surface area (Å²) < 4.78 is 24.7. The smallest absolute Gasteiger partial charge is 0.309 e. The number of aliphatic hydroxyl groups is 1. The van der Waals surface area contributed by atoms with E-state index in [1.807, 2.05) is 6.07 Å². The van der Waals surface area contributed by atoms with Crippen LogP contribution >= 0.6 is 0 Å². The summed E-state index contributed by atoms with van der Waals surface area (Å²) in [5, 5.41) is 9.61. The summed E-state index contributed by atoms with van der Waals surface area (Å²) >= 11 is 0. The minimum absolute atomic E-state index is 0.000792. The third-order valence-corrected chi connectivity index (χ3v) is 8.08. The van der Waals surface area contributed by atoms with E-state index < -0.39 is 30.4 Å². The van der Waals surface area contributed by atoms with Gasteiger partial charge in [-0.05, 0) is 37.7 Å². The van der Waals surface area contributed by atoms with Crippen molar-refractivity contribution in [2.45, 2.75) is 109 Å². The Labute approximate surface area is 208 Å². The molecule has 3 aliphatic rings. The van der Waals surface area contributed by atoms with Crippen LogP contribution in [0.15, 0.2) is 30.3 Å². The molecule has 0 aliphatic carbocycles. The van der Waals surface area contributed by atoms with Crippen LogP contribution in [0.5, 0.6) is 0 Å². The van der Waals surface area contributed by atoms with Crippen molar-refractivity contribution in [2.75, 3.05) is 6.61 Å². The molecule has 0 radical (unpaired) electrons. The Bertz CT molecular complexity index is 869. The molecular weight excluding hydrogens is 448 g/mol. The van der Waals surface area contributed by atoms with E-state index in [1.54, 1.807) is 0 Å². The van der Waals surface area contributed by atoms with Crippen LogP contribution in [0.2, 0.25) is 0 Å². The van der Waals surface area contributed by atoms with E-state index >= 15 is 0 Å². The molecule has 0 unspecified atom stereocenters. The first-order valence-electron chi connectivity index (χ1n) is 13.1. The lowest BCUT2D eigenvalue weighted by Gasteiger charge is -2.57. The van der Waals surface area contributed by atoms with Crippen LogP contribution in [0.3, 0.4) is 0 Å². The standard InChI is InChI=1S/C28H40O7/c1-19-23(12-8-7-11-20-9-5-4-6-10-20)35-28-17-24(19)33-26(31)16-22(18-29)32-25(30)15-21(34-28)13-14-27(28,2)3/h4-6,9-10,19,21-24,29H,7-8,11-18H2,1-3H3/t19-,21-,22-,23-,24+,28-/m1/s1. The van der Waals surface area contributed by atoms with Crippen LogP contribution in [0.25, 0.3) is 0 Å². The zero-order chi connectivity index (χ0) is 25.1. The fourth-order valence-electron chi connectivity index (χ4n) is 5.70. The maximum Gasteiger partial charge on any atom is 0.309 e. The van der Waals surface area contributed by atoms with Crippen molar-refractivity contribution in [3.05, 3.63) is 35.9 Å². The van der Waals surface area contributed by atoms with Gasteiger partial charge in [-0.2, -0.15) is 0 Å². The second kappa shape index (κ2) is 11.0. The number of aliphatic hydroxyl groups excluding tert-OH is 1. The number of fused-ring (bicyclic) bond motifs is 2. The Kier molecular flexibility index (Phi) is 8.19. The molecule has 3 saturated heterocycles. The summed E-state index contributed by atoms with van der Waals surface area (Å²) in [7, 11) is 0. The van der Waals surface area contributed by atoms with Crippen molar-refractivity contribution in [3.8, 4) is 0 Å². The van der Waals surface area contributed by atoms with Crippen molar-refractivity contribution in [1.82, 2.24) is 0 Å². The minimum atomic E-state index is -0.937. The Morgan fingerprint density at radius 3 is 2.49 bits per heavy atom. The normalized spacial score (nSPS) is 35.3. The van der Waals surface area contributed by atoms with Gasteiger partial charge >= 0.3 is 11.9 Å². The SMILES string of the molecule is C[C@H]1[C@@H]2C[C@@]3(O[C@H](CCC3(C)C)CC(=O)O[C@@H](CO)CC(=O)O2)O[C@@H]1CCCCc1ccccc1. The number of carbonyl (C=O) groups excluding carboxylic acids is 2. The summed E-state index contributed by atoms with van der Waals surface area (Å²) in [5.41, 5.74) is 1.02. The minimum Gasteiger partial charge on any atom is -0.462 e. The molecule has 1 spiro atoms. The lowest BCUT2D eigenvalue weighted by molar-refractivity contribution is -0.381. The van der Waals surface area contributed by atoms with Crippen molar-refractivity contribution >= 4 is 11.9 Å². The number of cyclic esters (lactones) is 1. The molecule has 35 heavy (non-hydrogen) atoms. The Morgan fingerprint density at radius 1 is 1.00 bits per heavy atom. The van der Waals surface area contributed by atoms with E-state index in [0.717, 1.165) is 38.5 Å². The summed E-state index contributed by atoms with van der Waals surface area (Å²) in [5.74, 6) is -1.89. The van der Waals surface area contributed by atoms with Gasteiger partial charge in [0.2, 0.25) is 0 Å². The highest BCUT2D eigenvalue weighted by Gasteiger charge is 2.58. The molecule has 6 atom stereocenters. The summed E-state index contributed by atoms with van der Waals surface area (Å²) in [6, 6.07) is 10.5. The molecule has 3 heterocycles. The van der Waals surface area contributed by atoms with Crippen LogP contribution in [0.4, 0.5) is 0 Å². The molecule has 0 saturated carbocycles. The number of rotatable bonds is 6. The van der Waals surface area contributed by atoms with E-state index in [4.69, 9.17) is 18.9 Å². The predicted molar refractivity (Wildman–Crippen MR) is 129 cm³/mol. The maximum absolute atomic E-state index is 12.8. The Hall–Kier alpha value is -1.96. The summed E-state index contributed by atoms with van der Waals surface area (Å²) in [6.07, 6.45) is 4.06. The Balaban J connectivity index is 1.53. The highest BCUT2D eigenvalue weighted by molar-refractivity contribution is 5.73. The van der Waals surface area contributed by atoms with E-state index in [0.29, 0.717) is 6.42 Å².